The molecule has 0 radical (unpaired) electrons. The number of nitrogens with zero attached hydrogens (tertiary/aromatic N) is 3. The van der Waals surface area contributed by atoms with Crippen molar-refractivity contribution in [2.75, 3.05) is 6.54 Å². The van der Waals surface area contributed by atoms with Gasteiger partial charge in [0.05, 0.1) is 6.20 Å². The maximum Gasteiger partial charge on any atom is 0.243 e. The Morgan fingerprint density at radius 1 is 1.39 bits per heavy atom. The summed E-state index contributed by atoms with van der Waals surface area (Å²) in [4.78, 5) is 4.15. The largest absolute Gasteiger partial charge is 0.274 e. The topological polar surface area (TPSA) is 76.9 Å². The number of rotatable bonds is 5. The van der Waals surface area contributed by atoms with Gasteiger partial charge in [-0.1, -0.05) is 6.07 Å². The predicted molar refractivity (Wildman–Crippen MR) is 66.3 cm³/mol. The van der Waals surface area contributed by atoms with E-state index in [2.05, 4.69) is 14.8 Å². The lowest BCUT2D eigenvalue weighted by atomic mass is 10.2. The number of aryl methyl sites for hydroxylation is 1. The van der Waals surface area contributed by atoms with Gasteiger partial charge >= 0.3 is 0 Å². The van der Waals surface area contributed by atoms with Gasteiger partial charge in [-0.2, -0.15) is 5.10 Å². The van der Waals surface area contributed by atoms with Gasteiger partial charge in [-0.3, -0.25) is 9.67 Å². The summed E-state index contributed by atoms with van der Waals surface area (Å²) >= 11 is 0. The highest BCUT2D eigenvalue weighted by Gasteiger charge is 2.14. The molecule has 2 aromatic rings. The second-order valence-electron chi connectivity index (χ2n) is 3.86. The maximum absolute atomic E-state index is 11.9. The number of sulfonamides is 1. The molecule has 0 aromatic carbocycles. The Balaban J connectivity index is 1.94. The standard InChI is InChI=1S/C11H14N4O2S/c1-15-9-11(8-13-15)18(16,17)14-6-4-10-3-2-5-12-7-10/h2-3,5,7-9,14H,4,6H2,1H3. The number of aromatic nitrogens is 3. The molecule has 96 valence electrons. The van der Waals surface area contributed by atoms with Crippen LogP contribution in [0.5, 0.6) is 0 Å². The quantitative estimate of drug-likeness (QED) is 0.846. The van der Waals surface area contributed by atoms with E-state index in [1.54, 1.807) is 19.4 Å². The van der Waals surface area contributed by atoms with Gasteiger partial charge in [0.15, 0.2) is 0 Å². The van der Waals surface area contributed by atoms with E-state index in [-0.39, 0.29) is 4.90 Å². The van der Waals surface area contributed by atoms with Gasteiger partial charge in [0.1, 0.15) is 4.90 Å². The molecule has 6 nitrogen and oxygen atoms in total. The van der Waals surface area contributed by atoms with Crippen LogP contribution in [0.3, 0.4) is 0 Å². The van der Waals surface area contributed by atoms with Crippen LogP contribution in [-0.4, -0.2) is 29.7 Å². The summed E-state index contributed by atoms with van der Waals surface area (Å²) in [6.45, 7) is 0.336. The lowest BCUT2D eigenvalue weighted by molar-refractivity contribution is 0.581. The van der Waals surface area contributed by atoms with E-state index in [1.807, 2.05) is 12.1 Å². The Hall–Kier alpha value is -1.73. The van der Waals surface area contributed by atoms with E-state index in [4.69, 9.17) is 0 Å². The van der Waals surface area contributed by atoms with Gasteiger partial charge in [0.2, 0.25) is 10.0 Å². The van der Waals surface area contributed by atoms with Gasteiger partial charge in [-0.15, -0.1) is 0 Å². The maximum atomic E-state index is 11.9. The summed E-state index contributed by atoms with van der Waals surface area (Å²) in [5.41, 5.74) is 0.992. The normalized spacial score (nSPS) is 11.6. The zero-order valence-electron chi connectivity index (χ0n) is 9.94. The van der Waals surface area contributed by atoms with Gasteiger partial charge < -0.3 is 0 Å². The third kappa shape index (κ3) is 3.14. The summed E-state index contributed by atoms with van der Waals surface area (Å²) in [5, 5.41) is 3.84. The minimum atomic E-state index is -3.46. The van der Waals surface area contributed by atoms with E-state index in [9.17, 15) is 8.42 Å². The molecule has 0 aliphatic heterocycles. The highest BCUT2D eigenvalue weighted by Crippen LogP contribution is 2.06. The molecule has 1 N–H and O–H groups in total. The van der Waals surface area contributed by atoms with Crippen molar-refractivity contribution >= 4 is 10.0 Å². The van der Waals surface area contributed by atoms with Crippen molar-refractivity contribution in [1.82, 2.24) is 19.5 Å². The SMILES string of the molecule is Cn1cc(S(=O)(=O)NCCc2cccnc2)cn1. The Bertz CT molecular complexity index is 607. The average Bonchev–Trinajstić information content (AvgIpc) is 2.78. The molecule has 0 unspecified atom stereocenters. The van der Waals surface area contributed by atoms with Crippen molar-refractivity contribution in [2.24, 2.45) is 7.05 Å². The second kappa shape index (κ2) is 5.28. The van der Waals surface area contributed by atoms with Gasteiger partial charge in [0, 0.05) is 32.2 Å². The zero-order chi connectivity index (χ0) is 13.0. The van der Waals surface area contributed by atoms with Crippen molar-refractivity contribution in [1.29, 1.82) is 0 Å². The third-order valence-electron chi connectivity index (χ3n) is 2.42. The second-order valence-corrected chi connectivity index (χ2v) is 5.63. The van der Waals surface area contributed by atoms with Crippen molar-refractivity contribution in [3.05, 3.63) is 42.5 Å². The summed E-state index contributed by atoms with van der Waals surface area (Å²) in [7, 11) is -1.79. The highest BCUT2D eigenvalue weighted by molar-refractivity contribution is 7.89. The first kappa shape index (κ1) is 12.7. The fourth-order valence-electron chi connectivity index (χ4n) is 1.50. The van der Waals surface area contributed by atoms with Crippen LogP contribution in [0.15, 0.2) is 41.8 Å². The van der Waals surface area contributed by atoms with Crippen LogP contribution >= 0.6 is 0 Å². The fraction of sp³-hybridized carbons (Fsp3) is 0.273. The summed E-state index contributed by atoms with van der Waals surface area (Å²) < 4.78 is 27.7. The summed E-state index contributed by atoms with van der Waals surface area (Å²) in [6.07, 6.45) is 6.80. The monoisotopic (exact) mass is 266 g/mol. The summed E-state index contributed by atoms with van der Waals surface area (Å²) in [5.74, 6) is 0. The Labute approximate surface area is 106 Å². The van der Waals surface area contributed by atoms with Crippen LogP contribution < -0.4 is 4.72 Å². The molecule has 2 rings (SSSR count). The van der Waals surface area contributed by atoms with Gasteiger partial charge in [-0.05, 0) is 18.1 Å². The molecule has 18 heavy (non-hydrogen) atoms. The lowest BCUT2D eigenvalue weighted by Crippen LogP contribution is -2.25. The molecule has 0 aliphatic carbocycles. The molecule has 0 saturated carbocycles. The first-order valence-corrected chi connectivity index (χ1v) is 6.93. The minimum absolute atomic E-state index is 0.177. The first-order valence-electron chi connectivity index (χ1n) is 5.45. The number of hydrogen-bond donors (Lipinski definition) is 1. The van der Waals surface area contributed by atoms with E-state index in [0.29, 0.717) is 13.0 Å². The molecule has 2 heterocycles. The van der Waals surface area contributed by atoms with Crippen LogP contribution in [0.1, 0.15) is 5.56 Å². The first-order chi connectivity index (χ1) is 8.58. The zero-order valence-corrected chi connectivity index (χ0v) is 10.8. The number of nitrogens with one attached hydrogen (secondary N) is 1. The smallest absolute Gasteiger partial charge is 0.243 e. The van der Waals surface area contributed by atoms with Crippen LogP contribution in [0.25, 0.3) is 0 Å². The van der Waals surface area contributed by atoms with Crippen molar-refractivity contribution < 1.29 is 8.42 Å². The van der Waals surface area contributed by atoms with Crippen LogP contribution in [0, 0.1) is 0 Å². The average molecular weight is 266 g/mol. The van der Waals surface area contributed by atoms with Crippen molar-refractivity contribution in [2.45, 2.75) is 11.3 Å². The third-order valence-corrected chi connectivity index (χ3v) is 3.84. The van der Waals surface area contributed by atoms with E-state index in [0.717, 1.165) is 5.56 Å². The van der Waals surface area contributed by atoms with E-state index < -0.39 is 10.0 Å². The molecule has 0 fully saturated rings. The molecule has 0 aliphatic rings. The number of hydrogen-bond acceptors (Lipinski definition) is 4. The molecule has 0 bridgehead atoms. The van der Waals surface area contributed by atoms with Crippen LogP contribution in [0.2, 0.25) is 0 Å². The molecule has 0 amide bonds. The minimum Gasteiger partial charge on any atom is -0.274 e. The lowest BCUT2D eigenvalue weighted by Gasteiger charge is -2.04. The number of pyridine rings is 1. The Morgan fingerprint density at radius 2 is 2.22 bits per heavy atom. The van der Waals surface area contributed by atoms with Crippen LogP contribution in [-0.2, 0) is 23.5 Å². The van der Waals surface area contributed by atoms with Crippen molar-refractivity contribution in [3.63, 3.8) is 0 Å². The predicted octanol–water partition coefficient (Wildman–Crippen LogP) is 0.336. The van der Waals surface area contributed by atoms with Crippen LogP contribution in [0.4, 0.5) is 0 Å². The molecular weight excluding hydrogens is 252 g/mol. The molecule has 2 aromatic heterocycles. The molecule has 7 heteroatoms. The Morgan fingerprint density at radius 3 is 2.83 bits per heavy atom. The Kier molecular flexibility index (Phi) is 3.73. The highest BCUT2D eigenvalue weighted by atomic mass is 32.2. The fourth-order valence-corrected chi connectivity index (χ4v) is 2.51. The van der Waals surface area contributed by atoms with Gasteiger partial charge in [0.25, 0.3) is 0 Å². The van der Waals surface area contributed by atoms with E-state index >= 15 is 0 Å². The summed E-state index contributed by atoms with van der Waals surface area (Å²) in [6, 6.07) is 3.73. The van der Waals surface area contributed by atoms with Gasteiger partial charge in [-0.25, -0.2) is 13.1 Å². The van der Waals surface area contributed by atoms with E-state index in [1.165, 1.54) is 17.1 Å². The molecular formula is C11H14N4O2S. The molecule has 0 spiro atoms. The molecule has 0 saturated heterocycles. The molecule has 0 atom stereocenters. The van der Waals surface area contributed by atoms with Crippen molar-refractivity contribution in [3.8, 4) is 0 Å².